The predicted octanol–water partition coefficient (Wildman–Crippen LogP) is 2.91. The number of halogens is 1. The number of hydrogen-bond acceptors (Lipinski definition) is 4. The lowest BCUT2D eigenvalue weighted by Crippen LogP contribution is -2.17. The Morgan fingerprint density at radius 3 is 2.75 bits per heavy atom. The Morgan fingerprint density at radius 1 is 1.31 bits per heavy atom. The zero-order valence-electron chi connectivity index (χ0n) is 8.93. The normalized spacial score (nSPS) is 10.4. The Morgan fingerprint density at radius 2 is 2.19 bits per heavy atom. The number of rotatable bonds is 4. The van der Waals surface area contributed by atoms with E-state index in [-0.39, 0.29) is 0 Å². The molecule has 0 amide bonds. The lowest BCUT2D eigenvalue weighted by molar-refractivity contribution is 0.856. The van der Waals surface area contributed by atoms with Crippen molar-refractivity contribution in [2.45, 2.75) is 12.4 Å². The number of thiophene rings is 1. The maximum absolute atomic E-state index is 5.66. The smallest absolute Gasteiger partial charge is 0.151 e. The van der Waals surface area contributed by atoms with Gasteiger partial charge in [-0.2, -0.15) is 16.4 Å². The predicted molar refractivity (Wildman–Crippen MR) is 68.0 cm³/mol. The van der Waals surface area contributed by atoms with E-state index in [1.807, 2.05) is 19.2 Å². The summed E-state index contributed by atoms with van der Waals surface area (Å²) in [7, 11) is 2.00. The van der Waals surface area contributed by atoms with Crippen LogP contribution in [-0.4, -0.2) is 17.2 Å². The van der Waals surface area contributed by atoms with Crippen LogP contribution in [0.25, 0.3) is 0 Å². The molecule has 0 saturated heterocycles. The Balaban J connectivity index is 2.05. The molecule has 2 rings (SSSR count). The molecular formula is C11H12ClN3S. The van der Waals surface area contributed by atoms with E-state index < -0.39 is 0 Å². The van der Waals surface area contributed by atoms with Crippen LogP contribution in [0.4, 0.5) is 5.82 Å². The van der Waals surface area contributed by atoms with E-state index in [1.54, 1.807) is 11.3 Å². The van der Waals surface area contributed by atoms with Crippen LogP contribution in [0.3, 0.4) is 0 Å². The molecule has 0 spiro atoms. The minimum atomic E-state index is 0.404. The van der Waals surface area contributed by atoms with Gasteiger partial charge in [-0.15, -0.1) is 16.7 Å². The van der Waals surface area contributed by atoms with E-state index in [0.29, 0.717) is 5.88 Å². The van der Waals surface area contributed by atoms with Gasteiger partial charge in [0, 0.05) is 13.6 Å². The standard InChI is InChI=1S/C11H12ClN3S/c1-15(7-9-4-5-16-8-9)11-3-2-10(6-12)13-14-11/h2-5,8H,6-7H2,1H3. The molecule has 3 nitrogen and oxygen atoms in total. The van der Waals surface area contributed by atoms with Crippen LogP contribution in [-0.2, 0) is 12.4 Å². The Hall–Kier alpha value is -1.13. The molecule has 0 unspecified atom stereocenters. The number of aromatic nitrogens is 2. The summed E-state index contributed by atoms with van der Waals surface area (Å²) in [5.41, 5.74) is 2.09. The molecule has 2 aromatic heterocycles. The van der Waals surface area contributed by atoms with Gasteiger partial charge in [0.2, 0.25) is 0 Å². The molecule has 0 saturated carbocycles. The number of alkyl halides is 1. The van der Waals surface area contributed by atoms with Crippen LogP contribution in [0.15, 0.2) is 29.0 Å². The lowest BCUT2D eigenvalue weighted by atomic mass is 10.3. The van der Waals surface area contributed by atoms with E-state index in [9.17, 15) is 0 Å². The van der Waals surface area contributed by atoms with E-state index in [0.717, 1.165) is 18.1 Å². The summed E-state index contributed by atoms with van der Waals surface area (Å²) >= 11 is 7.36. The number of anilines is 1. The van der Waals surface area contributed by atoms with Gasteiger partial charge in [0.1, 0.15) is 0 Å². The van der Waals surface area contributed by atoms with Crippen molar-refractivity contribution in [3.8, 4) is 0 Å². The van der Waals surface area contributed by atoms with Crippen LogP contribution in [0.5, 0.6) is 0 Å². The van der Waals surface area contributed by atoms with Gasteiger partial charge in [0.05, 0.1) is 11.6 Å². The van der Waals surface area contributed by atoms with Crippen molar-refractivity contribution < 1.29 is 0 Å². The second kappa shape index (κ2) is 5.27. The van der Waals surface area contributed by atoms with Crippen LogP contribution < -0.4 is 4.90 Å². The van der Waals surface area contributed by atoms with Gasteiger partial charge in [-0.3, -0.25) is 0 Å². The molecule has 0 radical (unpaired) electrons. The first-order valence-electron chi connectivity index (χ1n) is 4.90. The molecule has 2 heterocycles. The first-order valence-corrected chi connectivity index (χ1v) is 6.38. The molecule has 0 aliphatic carbocycles. The van der Waals surface area contributed by atoms with Gasteiger partial charge in [0.15, 0.2) is 5.82 Å². The third-order valence-electron chi connectivity index (χ3n) is 2.23. The lowest BCUT2D eigenvalue weighted by Gasteiger charge is -2.16. The molecule has 0 fully saturated rings. The summed E-state index contributed by atoms with van der Waals surface area (Å²) in [5.74, 6) is 1.27. The quantitative estimate of drug-likeness (QED) is 0.785. The summed E-state index contributed by atoms with van der Waals surface area (Å²) < 4.78 is 0. The highest BCUT2D eigenvalue weighted by molar-refractivity contribution is 7.07. The SMILES string of the molecule is CN(Cc1ccsc1)c1ccc(CCl)nn1. The second-order valence-electron chi connectivity index (χ2n) is 3.50. The molecule has 84 valence electrons. The molecule has 0 aliphatic heterocycles. The van der Waals surface area contributed by atoms with Crippen molar-refractivity contribution in [1.29, 1.82) is 0 Å². The second-order valence-corrected chi connectivity index (χ2v) is 4.55. The molecule has 0 aliphatic rings. The highest BCUT2D eigenvalue weighted by Crippen LogP contribution is 2.14. The zero-order valence-corrected chi connectivity index (χ0v) is 10.5. The monoisotopic (exact) mass is 253 g/mol. The molecular weight excluding hydrogens is 242 g/mol. The fourth-order valence-electron chi connectivity index (χ4n) is 1.37. The van der Waals surface area contributed by atoms with E-state index in [2.05, 4.69) is 31.9 Å². The van der Waals surface area contributed by atoms with Crippen molar-refractivity contribution in [2.75, 3.05) is 11.9 Å². The molecule has 0 aromatic carbocycles. The van der Waals surface area contributed by atoms with Gasteiger partial charge < -0.3 is 4.90 Å². The topological polar surface area (TPSA) is 29.0 Å². The molecule has 16 heavy (non-hydrogen) atoms. The van der Waals surface area contributed by atoms with Gasteiger partial charge in [-0.05, 0) is 34.5 Å². The third kappa shape index (κ3) is 2.71. The maximum Gasteiger partial charge on any atom is 0.151 e. The number of nitrogens with zero attached hydrogens (tertiary/aromatic N) is 3. The molecule has 2 aromatic rings. The first-order chi connectivity index (χ1) is 7.79. The average molecular weight is 254 g/mol. The molecule has 0 N–H and O–H groups in total. The minimum absolute atomic E-state index is 0.404. The largest absolute Gasteiger partial charge is 0.354 e. The van der Waals surface area contributed by atoms with Gasteiger partial charge >= 0.3 is 0 Å². The Labute approximate surface area is 104 Å². The van der Waals surface area contributed by atoms with Crippen molar-refractivity contribution in [3.05, 3.63) is 40.2 Å². The Kier molecular flexibility index (Phi) is 3.74. The van der Waals surface area contributed by atoms with Crippen molar-refractivity contribution in [1.82, 2.24) is 10.2 Å². The van der Waals surface area contributed by atoms with Crippen molar-refractivity contribution in [3.63, 3.8) is 0 Å². The zero-order chi connectivity index (χ0) is 11.4. The van der Waals surface area contributed by atoms with Gasteiger partial charge in [0.25, 0.3) is 0 Å². The van der Waals surface area contributed by atoms with Crippen LogP contribution in [0.1, 0.15) is 11.3 Å². The van der Waals surface area contributed by atoms with Gasteiger partial charge in [-0.1, -0.05) is 0 Å². The summed E-state index contributed by atoms with van der Waals surface area (Å²) in [6, 6.07) is 5.96. The van der Waals surface area contributed by atoms with Gasteiger partial charge in [-0.25, -0.2) is 0 Å². The summed E-state index contributed by atoms with van der Waals surface area (Å²) in [6.45, 7) is 0.846. The third-order valence-corrected chi connectivity index (χ3v) is 3.24. The first kappa shape index (κ1) is 11.4. The van der Waals surface area contributed by atoms with Crippen LogP contribution in [0.2, 0.25) is 0 Å². The van der Waals surface area contributed by atoms with E-state index in [4.69, 9.17) is 11.6 Å². The van der Waals surface area contributed by atoms with E-state index in [1.165, 1.54) is 5.56 Å². The highest BCUT2D eigenvalue weighted by atomic mass is 35.5. The van der Waals surface area contributed by atoms with E-state index >= 15 is 0 Å². The summed E-state index contributed by atoms with van der Waals surface area (Å²) in [5, 5.41) is 12.4. The maximum atomic E-state index is 5.66. The summed E-state index contributed by atoms with van der Waals surface area (Å²) in [6.07, 6.45) is 0. The molecule has 0 atom stereocenters. The number of hydrogen-bond donors (Lipinski definition) is 0. The fraction of sp³-hybridized carbons (Fsp3) is 0.273. The highest BCUT2D eigenvalue weighted by Gasteiger charge is 2.04. The average Bonchev–Trinajstić information content (AvgIpc) is 2.82. The molecule has 0 bridgehead atoms. The minimum Gasteiger partial charge on any atom is -0.354 e. The Bertz CT molecular complexity index is 427. The van der Waals surface area contributed by atoms with Crippen LogP contribution in [0, 0.1) is 0 Å². The van der Waals surface area contributed by atoms with Crippen LogP contribution >= 0.6 is 22.9 Å². The summed E-state index contributed by atoms with van der Waals surface area (Å²) in [4.78, 5) is 2.06. The van der Waals surface area contributed by atoms with Crippen molar-refractivity contribution >= 4 is 28.8 Å². The molecule has 5 heteroatoms. The fourth-order valence-corrected chi connectivity index (χ4v) is 2.17. The van der Waals surface area contributed by atoms with Crippen molar-refractivity contribution in [2.24, 2.45) is 0 Å².